The Morgan fingerprint density at radius 3 is 2.72 bits per heavy atom. The molecule has 0 aliphatic carbocycles. The lowest BCUT2D eigenvalue weighted by atomic mass is 10.2. The highest BCUT2D eigenvalue weighted by molar-refractivity contribution is 5.89. The van der Waals surface area contributed by atoms with Gasteiger partial charge in [0.1, 0.15) is 0 Å². The van der Waals surface area contributed by atoms with Crippen molar-refractivity contribution in [3.63, 3.8) is 0 Å². The summed E-state index contributed by atoms with van der Waals surface area (Å²) in [7, 11) is 0. The molecule has 1 saturated heterocycles. The van der Waals surface area contributed by atoms with Crippen LogP contribution >= 0.6 is 0 Å². The quantitative estimate of drug-likeness (QED) is 0.839. The van der Waals surface area contributed by atoms with Gasteiger partial charge in [-0.3, -0.25) is 9.58 Å². The van der Waals surface area contributed by atoms with Gasteiger partial charge in [-0.15, -0.1) is 0 Å². The summed E-state index contributed by atoms with van der Waals surface area (Å²) in [6.07, 6.45) is 3.69. The number of benzene rings is 1. The van der Waals surface area contributed by atoms with Gasteiger partial charge in [0.2, 0.25) is 0 Å². The van der Waals surface area contributed by atoms with Crippen molar-refractivity contribution in [2.24, 2.45) is 0 Å². The third-order valence-corrected chi connectivity index (χ3v) is 4.13. The first-order valence-electron chi connectivity index (χ1n) is 8.63. The van der Waals surface area contributed by atoms with E-state index in [0.717, 1.165) is 50.6 Å². The van der Waals surface area contributed by atoms with E-state index < -0.39 is 0 Å². The van der Waals surface area contributed by atoms with E-state index in [4.69, 9.17) is 4.74 Å². The van der Waals surface area contributed by atoms with Crippen molar-refractivity contribution in [2.45, 2.75) is 19.5 Å². The Bertz CT molecular complexity index is 651. The number of aromatic nitrogens is 2. The number of urea groups is 1. The fourth-order valence-electron chi connectivity index (χ4n) is 2.88. The number of hydrogen-bond acceptors (Lipinski definition) is 4. The average molecular weight is 343 g/mol. The molecule has 1 aromatic carbocycles. The first-order valence-corrected chi connectivity index (χ1v) is 8.63. The van der Waals surface area contributed by atoms with Crippen LogP contribution in [0.15, 0.2) is 42.7 Å². The Morgan fingerprint density at radius 1 is 1.28 bits per heavy atom. The van der Waals surface area contributed by atoms with Crippen LogP contribution in [0.5, 0.6) is 0 Å². The summed E-state index contributed by atoms with van der Waals surface area (Å²) in [5.41, 5.74) is 1.91. The van der Waals surface area contributed by atoms with Gasteiger partial charge >= 0.3 is 6.03 Å². The SMILES string of the molecule is C[C@H](CN1CCOCC1)NC(=O)Nc1ccc(Cn2cccn2)cc1. The van der Waals surface area contributed by atoms with Crippen molar-refractivity contribution in [3.05, 3.63) is 48.3 Å². The average Bonchev–Trinajstić information content (AvgIpc) is 3.10. The molecule has 0 saturated carbocycles. The molecule has 7 nitrogen and oxygen atoms in total. The molecule has 2 aromatic rings. The van der Waals surface area contributed by atoms with Gasteiger partial charge in [-0.1, -0.05) is 12.1 Å². The van der Waals surface area contributed by atoms with Crippen molar-refractivity contribution < 1.29 is 9.53 Å². The van der Waals surface area contributed by atoms with Gasteiger partial charge in [0.25, 0.3) is 0 Å². The van der Waals surface area contributed by atoms with Crippen molar-refractivity contribution in [1.29, 1.82) is 0 Å². The van der Waals surface area contributed by atoms with Crippen molar-refractivity contribution in [2.75, 3.05) is 38.2 Å². The van der Waals surface area contributed by atoms with Crippen LogP contribution in [0, 0.1) is 0 Å². The van der Waals surface area contributed by atoms with E-state index in [1.165, 1.54) is 0 Å². The van der Waals surface area contributed by atoms with E-state index in [1.807, 2.05) is 48.1 Å². The molecule has 2 amide bonds. The lowest BCUT2D eigenvalue weighted by molar-refractivity contribution is 0.0350. The van der Waals surface area contributed by atoms with Crippen LogP contribution in [-0.2, 0) is 11.3 Å². The summed E-state index contributed by atoms with van der Waals surface area (Å²) >= 11 is 0. The normalized spacial score (nSPS) is 16.4. The van der Waals surface area contributed by atoms with Gasteiger partial charge < -0.3 is 15.4 Å². The first kappa shape index (κ1) is 17.4. The number of morpholine rings is 1. The summed E-state index contributed by atoms with van der Waals surface area (Å²) in [6.45, 7) is 6.95. The van der Waals surface area contributed by atoms with E-state index in [1.54, 1.807) is 6.20 Å². The highest BCUT2D eigenvalue weighted by Crippen LogP contribution is 2.10. The molecule has 0 radical (unpaired) electrons. The van der Waals surface area contributed by atoms with Crippen LogP contribution in [0.25, 0.3) is 0 Å². The fourth-order valence-corrected chi connectivity index (χ4v) is 2.88. The van der Waals surface area contributed by atoms with E-state index in [-0.39, 0.29) is 12.1 Å². The topological polar surface area (TPSA) is 71.4 Å². The number of nitrogens with zero attached hydrogens (tertiary/aromatic N) is 3. The van der Waals surface area contributed by atoms with Crippen LogP contribution < -0.4 is 10.6 Å². The molecule has 2 N–H and O–H groups in total. The van der Waals surface area contributed by atoms with Crippen LogP contribution in [-0.4, -0.2) is 59.6 Å². The number of carbonyl (C=O) groups is 1. The summed E-state index contributed by atoms with van der Waals surface area (Å²) in [4.78, 5) is 14.4. The summed E-state index contributed by atoms with van der Waals surface area (Å²) in [5.74, 6) is 0. The molecule has 0 unspecified atom stereocenters. The minimum atomic E-state index is -0.180. The zero-order valence-corrected chi connectivity index (χ0v) is 14.5. The minimum absolute atomic E-state index is 0.0807. The maximum atomic E-state index is 12.1. The molecule has 1 fully saturated rings. The first-order chi connectivity index (χ1) is 12.2. The van der Waals surface area contributed by atoms with Gasteiger partial charge in [0.15, 0.2) is 0 Å². The number of amides is 2. The molecular weight excluding hydrogens is 318 g/mol. The molecular formula is C18H25N5O2. The standard InChI is InChI=1S/C18H25N5O2/c1-15(13-22-9-11-25-12-10-22)20-18(24)21-17-5-3-16(4-6-17)14-23-8-2-7-19-23/h2-8,15H,9-14H2,1H3,(H2,20,21,24)/t15-/m1/s1. The number of anilines is 1. The third-order valence-electron chi connectivity index (χ3n) is 4.13. The monoisotopic (exact) mass is 343 g/mol. The number of ether oxygens (including phenoxy) is 1. The second kappa shape index (κ2) is 8.64. The summed E-state index contributed by atoms with van der Waals surface area (Å²) < 4.78 is 7.20. The smallest absolute Gasteiger partial charge is 0.319 e. The Labute approximate surface area is 148 Å². The summed E-state index contributed by atoms with van der Waals surface area (Å²) in [6, 6.07) is 9.61. The molecule has 7 heteroatoms. The largest absolute Gasteiger partial charge is 0.379 e. The Morgan fingerprint density at radius 2 is 2.04 bits per heavy atom. The molecule has 1 aromatic heterocycles. The maximum absolute atomic E-state index is 12.1. The molecule has 1 aliphatic rings. The van der Waals surface area contributed by atoms with Crippen molar-refractivity contribution >= 4 is 11.7 Å². The number of hydrogen-bond donors (Lipinski definition) is 2. The second-order valence-electron chi connectivity index (χ2n) is 6.31. The highest BCUT2D eigenvalue weighted by Gasteiger charge is 2.15. The highest BCUT2D eigenvalue weighted by atomic mass is 16.5. The molecule has 2 heterocycles. The van der Waals surface area contributed by atoms with E-state index in [2.05, 4.69) is 20.6 Å². The van der Waals surface area contributed by atoms with E-state index in [9.17, 15) is 4.79 Å². The molecule has 134 valence electrons. The second-order valence-corrected chi connectivity index (χ2v) is 6.31. The number of rotatable bonds is 6. The van der Waals surface area contributed by atoms with Crippen LogP contribution in [0.4, 0.5) is 10.5 Å². The third kappa shape index (κ3) is 5.58. The maximum Gasteiger partial charge on any atom is 0.319 e. The zero-order valence-electron chi connectivity index (χ0n) is 14.5. The van der Waals surface area contributed by atoms with Gasteiger partial charge in [0.05, 0.1) is 19.8 Å². The van der Waals surface area contributed by atoms with Crippen molar-refractivity contribution in [1.82, 2.24) is 20.0 Å². The molecule has 25 heavy (non-hydrogen) atoms. The molecule has 0 spiro atoms. The predicted molar refractivity (Wildman–Crippen MR) is 96.6 cm³/mol. The van der Waals surface area contributed by atoms with Crippen LogP contribution in [0.1, 0.15) is 12.5 Å². The number of carbonyl (C=O) groups excluding carboxylic acids is 1. The van der Waals surface area contributed by atoms with Gasteiger partial charge in [0, 0.05) is 43.8 Å². The van der Waals surface area contributed by atoms with E-state index >= 15 is 0 Å². The van der Waals surface area contributed by atoms with Crippen LogP contribution in [0.3, 0.4) is 0 Å². The Kier molecular flexibility index (Phi) is 6.03. The Hall–Kier alpha value is -2.38. The molecule has 3 rings (SSSR count). The van der Waals surface area contributed by atoms with Gasteiger partial charge in [-0.2, -0.15) is 5.10 Å². The zero-order chi connectivity index (χ0) is 17.5. The van der Waals surface area contributed by atoms with E-state index in [0.29, 0.717) is 0 Å². The van der Waals surface area contributed by atoms with Gasteiger partial charge in [-0.25, -0.2) is 4.79 Å². The van der Waals surface area contributed by atoms with Gasteiger partial charge in [-0.05, 0) is 30.7 Å². The molecule has 1 aliphatic heterocycles. The van der Waals surface area contributed by atoms with Crippen molar-refractivity contribution in [3.8, 4) is 0 Å². The Balaban J connectivity index is 1.44. The number of nitrogens with one attached hydrogen (secondary N) is 2. The van der Waals surface area contributed by atoms with Crippen LogP contribution in [0.2, 0.25) is 0 Å². The summed E-state index contributed by atoms with van der Waals surface area (Å²) in [5, 5.41) is 10.0. The molecule has 1 atom stereocenters. The fraction of sp³-hybridized carbons (Fsp3) is 0.444. The lowest BCUT2D eigenvalue weighted by Crippen LogP contribution is -2.47. The minimum Gasteiger partial charge on any atom is -0.379 e. The lowest BCUT2D eigenvalue weighted by Gasteiger charge is -2.29. The predicted octanol–water partition coefficient (Wildman–Crippen LogP) is 1.77. The molecule has 0 bridgehead atoms.